The molecule has 6 nitrogen and oxygen atoms in total. The quantitative estimate of drug-likeness (QED) is 0.620. The van der Waals surface area contributed by atoms with Crippen LogP contribution in [-0.4, -0.2) is 31.4 Å². The Kier molecular flexibility index (Phi) is 6.05. The zero-order valence-electron chi connectivity index (χ0n) is 15.0. The lowest BCUT2D eigenvalue weighted by Gasteiger charge is -2.11. The summed E-state index contributed by atoms with van der Waals surface area (Å²) in [5, 5.41) is 13.2. The minimum Gasteiger partial charge on any atom is -0.300 e. The van der Waals surface area contributed by atoms with Crippen LogP contribution in [0, 0.1) is 13.8 Å². The van der Waals surface area contributed by atoms with E-state index in [1.807, 2.05) is 10.8 Å². The number of anilines is 1. The Morgan fingerprint density at radius 2 is 2.15 bits per heavy atom. The Morgan fingerprint density at radius 3 is 2.96 bits per heavy atom. The lowest BCUT2D eigenvalue weighted by atomic mass is 10.1. The van der Waals surface area contributed by atoms with Gasteiger partial charge in [0.2, 0.25) is 11.0 Å². The first-order chi connectivity index (χ1) is 12.6. The van der Waals surface area contributed by atoms with E-state index in [0.29, 0.717) is 5.13 Å². The van der Waals surface area contributed by atoms with Crippen molar-refractivity contribution in [2.45, 2.75) is 38.8 Å². The molecular formula is C18H21N5OS2. The Labute approximate surface area is 161 Å². The van der Waals surface area contributed by atoms with E-state index in [9.17, 15) is 4.79 Å². The van der Waals surface area contributed by atoms with Crippen molar-refractivity contribution in [2.24, 2.45) is 0 Å². The molecule has 0 atom stereocenters. The molecule has 0 aliphatic heterocycles. The van der Waals surface area contributed by atoms with Crippen molar-refractivity contribution in [3.63, 3.8) is 0 Å². The molecule has 0 aliphatic carbocycles. The van der Waals surface area contributed by atoms with Crippen molar-refractivity contribution in [3.8, 4) is 5.69 Å². The molecule has 0 bridgehead atoms. The number of imidazole rings is 1. The molecule has 0 radical (unpaired) electrons. The van der Waals surface area contributed by atoms with E-state index in [1.54, 1.807) is 6.20 Å². The second kappa shape index (κ2) is 8.46. The fourth-order valence-electron chi connectivity index (χ4n) is 2.46. The summed E-state index contributed by atoms with van der Waals surface area (Å²) in [6.45, 7) is 6.22. The zero-order valence-corrected chi connectivity index (χ0v) is 16.7. The summed E-state index contributed by atoms with van der Waals surface area (Å²) in [7, 11) is 0. The monoisotopic (exact) mass is 387 g/mol. The van der Waals surface area contributed by atoms with Crippen LogP contribution >= 0.6 is 23.1 Å². The average Bonchev–Trinajstić information content (AvgIpc) is 3.25. The van der Waals surface area contributed by atoms with Gasteiger partial charge in [-0.15, -0.1) is 10.2 Å². The largest absolute Gasteiger partial charge is 0.300 e. The minimum atomic E-state index is -0.107. The van der Waals surface area contributed by atoms with Gasteiger partial charge < -0.3 is 0 Å². The third-order valence-corrected chi connectivity index (χ3v) is 5.61. The molecule has 3 rings (SSSR count). The maximum absolute atomic E-state index is 12.2. The van der Waals surface area contributed by atoms with Crippen molar-refractivity contribution < 1.29 is 4.79 Å². The van der Waals surface area contributed by atoms with E-state index in [4.69, 9.17) is 0 Å². The van der Waals surface area contributed by atoms with Crippen LogP contribution < -0.4 is 5.32 Å². The number of hydrogen-bond acceptors (Lipinski definition) is 6. The van der Waals surface area contributed by atoms with Crippen molar-refractivity contribution in [1.82, 2.24) is 19.7 Å². The molecule has 2 aromatic heterocycles. The predicted octanol–water partition coefficient (Wildman–Crippen LogP) is 4.02. The van der Waals surface area contributed by atoms with Gasteiger partial charge in [-0.05, 0) is 37.5 Å². The van der Waals surface area contributed by atoms with Crippen molar-refractivity contribution in [2.75, 3.05) is 11.1 Å². The minimum absolute atomic E-state index is 0.107. The fraction of sp³-hybridized carbons (Fsp3) is 0.333. The van der Waals surface area contributed by atoms with Gasteiger partial charge in [-0.1, -0.05) is 42.2 Å². The second-order valence-electron chi connectivity index (χ2n) is 5.96. The summed E-state index contributed by atoms with van der Waals surface area (Å²) in [5.74, 6) is 0.162. The molecule has 2 heterocycles. The normalized spacial score (nSPS) is 10.9. The van der Waals surface area contributed by atoms with E-state index in [1.165, 1.54) is 28.7 Å². The van der Waals surface area contributed by atoms with Gasteiger partial charge in [-0.2, -0.15) is 0 Å². The average molecular weight is 388 g/mol. The zero-order chi connectivity index (χ0) is 18.5. The lowest BCUT2D eigenvalue weighted by molar-refractivity contribution is -0.113. The molecule has 0 aliphatic rings. The van der Waals surface area contributed by atoms with Gasteiger partial charge in [0.1, 0.15) is 5.01 Å². The van der Waals surface area contributed by atoms with E-state index < -0.39 is 0 Å². The van der Waals surface area contributed by atoms with Crippen LogP contribution in [-0.2, 0) is 11.2 Å². The molecule has 0 fully saturated rings. The third-order valence-electron chi connectivity index (χ3n) is 3.74. The molecule has 1 aromatic carbocycles. The Balaban J connectivity index is 1.64. The van der Waals surface area contributed by atoms with Crippen LogP contribution in [0.4, 0.5) is 5.13 Å². The van der Waals surface area contributed by atoms with Gasteiger partial charge in [-0.25, -0.2) is 4.98 Å². The number of nitrogens with one attached hydrogen (secondary N) is 1. The summed E-state index contributed by atoms with van der Waals surface area (Å²) in [5.41, 5.74) is 3.43. The topological polar surface area (TPSA) is 72.7 Å². The summed E-state index contributed by atoms with van der Waals surface area (Å²) in [6, 6.07) is 6.30. The number of carbonyl (C=O) groups is 1. The number of rotatable bonds is 7. The molecule has 8 heteroatoms. The van der Waals surface area contributed by atoms with Crippen LogP contribution in [0.2, 0.25) is 0 Å². The number of aromatic nitrogens is 4. The van der Waals surface area contributed by atoms with E-state index in [2.05, 4.69) is 59.5 Å². The number of carbonyl (C=O) groups excluding carboxylic acids is 1. The highest BCUT2D eigenvalue weighted by atomic mass is 32.2. The second-order valence-corrected chi connectivity index (χ2v) is 7.96. The van der Waals surface area contributed by atoms with Gasteiger partial charge in [0.05, 0.1) is 11.4 Å². The Hall–Kier alpha value is -2.19. The highest BCUT2D eigenvalue weighted by Gasteiger charge is 2.12. The number of thioether (sulfide) groups is 1. The maximum atomic E-state index is 12.2. The van der Waals surface area contributed by atoms with E-state index in [0.717, 1.165) is 34.3 Å². The number of aryl methyl sites for hydroxylation is 3. The van der Waals surface area contributed by atoms with Crippen molar-refractivity contribution in [3.05, 3.63) is 46.7 Å². The number of benzene rings is 1. The molecular weight excluding hydrogens is 366 g/mol. The first kappa shape index (κ1) is 18.6. The molecule has 0 saturated heterocycles. The Bertz CT molecular complexity index is 903. The highest BCUT2D eigenvalue weighted by molar-refractivity contribution is 7.99. The SMILES string of the molecule is CCCc1nnc(NC(=O)CSc2nccn2-c2cc(C)ccc2C)s1. The van der Waals surface area contributed by atoms with Gasteiger partial charge in [0.15, 0.2) is 5.16 Å². The predicted molar refractivity (Wildman–Crippen MR) is 106 cm³/mol. The van der Waals surface area contributed by atoms with Crippen LogP contribution in [0.25, 0.3) is 5.69 Å². The standard InChI is InChI=1S/C18H21N5OS2/c1-4-5-16-21-22-17(26-16)20-15(24)11-25-18-19-8-9-23(18)14-10-12(2)6-7-13(14)3/h6-10H,4-5,11H2,1-3H3,(H,20,22,24). The summed E-state index contributed by atoms with van der Waals surface area (Å²) >= 11 is 2.83. The first-order valence-corrected chi connectivity index (χ1v) is 10.2. The number of hydrogen-bond donors (Lipinski definition) is 1. The summed E-state index contributed by atoms with van der Waals surface area (Å²) in [4.78, 5) is 16.6. The van der Waals surface area contributed by atoms with Crippen LogP contribution in [0.5, 0.6) is 0 Å². The van der Waals surface area contributed by atoms with Gasteiger partial charge >= 0.3 is 0 Å². The summed E-state index contributed by atoms with van der Waals surface area (Å²) in [6.07, 6.45) is 5.57. The van der Waals surface area contributed by atoms with Gasteiger partial charge in [-0.3, -0.25) is 14.7 Å². The molecule has 3 aromatic rings. The van der Waals surface area contributed by atoms with Crippen LogP contribution in [0.1, 0.15) is 29.5 Å². The molecule has 136 valence electrons. The van der Waals surface area contributed by atoms with Gasteiger partial charge in [0, 0.05) is 18.8 Å². The molecule has 0 unspecified atom stereocenters. The van der Waals surface area contributed by atoms with Crippen molar-refractivity contribution in [1.29, 1.82) is 0 Å². The molecule has 0 spiro atoms. The molecule has 0 saturated carbocycles. The van der Waals surface area contributed by atoms with Gasteiger partial charge in [0.25, 0.3) is 0 Å². The number of amides is 1. The highest BCUT2D eigenvalue weighted by Crippen LogP contribution is 2.24. The summed E-state index contributed by atoms with van der Waals surface area (Å²) < 4.78 is 2.02. The Morgan fingerprint density at radius 1 is 1.31 bits per heavy atom. The van der Waals surface area contributed by atoms with Crippen LogP contribution in [0.3, 0.4) is 0 Å². The smallest absolute Gasteiger partial charge is 0.236 e. The molecule has 26 heavy (non-hydrogen) atoms. The molecule has 1 amide bonds. The first-order valence-electron chi connectivity index (χ1n) is 8.43. The number of nitrogens with zero attached hydrogens (tertiary/aromatic N) is 4. The van der Waals surface area contributed by atoms with Crippen LogP contribution in [0.15, 0.2) is 35.7 Å². The third kappa shape index (κ3) is 4.50. The fourth-order valence-corrected chi connectivity index (χ4v) is 4.09. The van der Waals surface area contributed by atoms with E-state index in [-0.39, 0.29) is 11.7 Å². The molecule has 1 N–H and O–H groups in total. The van der Waals surface area contributed by atoms with E-state index >= 15 is 0 Å². The van der Waals surface area contributed by atoms with Crippen molar-refractivity contribution >= 4 is 34.1 Å². The maximum Gasteiger partial charge on any atom is 0.236 e. The lowest BCUT2D eigenvalue weighted by Crippen LogP contribution is -2.14.